The third-order valence-corrected chi connectivity index (χ3v) is 6.42. The minimum atomic E-state index is -0.771. The van der Waals surface area contributed by atoms with Crippen LogP contribution in [0.25, 0.3) is 11.1 Å². The van der Waals surface area contributed by atoms with Gasteiger partial charge < -0.3 is 24.6 Å². The highest BCUT2D eigenvalue weighted by atomic mass is 16.5. The minimum absolute atomic E-state index is 0.0175. The fourth-order valence-corrected chi connectivity index (χ4v) is 4.68. The highest BCUT2D eigenvalue weighted by Crippen LogP contribution is 2.53. The number of carbonyl (C=O) groups excluding carboxylic acids is 1. The van der Waals surface area contributed by atoms with Crippen molar-refractivity contribution in [1.82, 2.24) is 5.32 Å². The zero-order valence-electron chi connectivity index (χ0n) is 18.7. The summed E-state index contributed by atoms with van der Waals surface area (Å²) in [6.45, 7) is 2.91. The molecule has 2 aliphatic rings. The van der Waals surface area contributed by atoms with Crippen molar-refractivity contribution in [3.8, 4) is 28.4 Å². The number of hydrogen-bond acceptors (Lipinski definition) is 5. The van der Waals surface area contributed by atoms with Crippen LogP contribution in [0.2, 0.25) is 0 Å². The molecule has 1 fully saturated rings. The molecule has 0 saturated heterocycles. The summed E-state index contributed by atoms with van der Waals surface area (Å²) < 4.78 is 17.6. The van der Waals surface area contributed by atoms with E-state index in [-0.39, 0.29) is 23.7 Å². The lowest BCUT2D eigenvalue weighted by atomic mass is 9.91. The van der Waals surface area contributed by atoms with Gasteiger partial charge in [0.15, 0.2) is 11.5 Å². The number of amides is 1. The lowest BCUT2D eigenvalue weighted by Crippen LogP contribution is -2.18. The molecule has 1 amide bonds. The normalized spacial score (nSPS) is 16.7. The zero-order chi connectivity index (χ0) is 22.9. The Hall–Kier alpha value is -3.22. The molecule has 0 bridgehead atoms. The Morgan fingerprint density at radius 3 is 2.50 bits per heavy atom. The number of carbonyl (C=O) groups is 2. The number of carboxylic acids is 1. The van der Waals surface area contributed by atoms with Crippen LogP contribution in [-0.2, 0) is 11.3 Å². The lowest BCUT2D eigenvalue weighted by molar-refractivity contribution is -0.138. The summed E-state index contributed by atoms with van der Waals surface area (Å²) in [5.74, 6) is 0.893. The van der Waals surface area contributed by atoms with E-state index in [4.69, 9.17) is 19.3 Å². The van der Waals surface area contributed by atoms with Gasteiger partial charge >= 0.3 is 5.97 Å². The van der Waals surface area contributed by atoms with E-state index in [1.165, 1.54) is 0 Å². The number of rotatable bonds is 10. The molecule has 1 saturated carbocycles. The molecule has 32 heavy (non-hydrogen) atoms. The smallest absolute Gasteiger partial charge is 0.303 e. The van der Waals surface area contributed by atoms with Crippen LogP contribution in [-0.4, -0.2) is 37.8 Å². The van der Waals surface area contributed by atoms with Crippen molar-refractivity contribution in [2.75, 3.05) is 20.8 Å². The quantitative estimate of drug-likeness (QED) is 0.574. The first-order valence-corrected chi connectivity index (χ1v) is 10.9. The Labute approximate surface area is 187 Å². The van der Waals surface area contributed by atoms with E-state index >= 15 is 0 Å². The molecule has 2 aromatic carbocycles. The number of aliphatic carboxylic acids is 1. The van der Waals surface area contributed by atoms with Crippen LogP contribution in [0.4, 0.5) is 0 Å². The maximum atomic E-state index is 12.2. The van der Waals surface area contributed by atoms with Gasteiger partial charge in [0.25, 0.3) is 5.91 Å². The number of hydrogen-bond donors (Lipinski definition) is 2. The van der Waals surface area contributed by atoms with Crippen LogP contribution in [0.3, 0.4) is 0 Å². The van der Waals surface area contributed by atoms with Gasteiger partial charge in [-0.05, 0) is 54.5 Å². The average molecular weight is 440 g/mol. The highest BCUT2D eigenvalue weighted by Gasteiger charge is 2.45. The van der Waals surface area contributed by atoms with Gasteiger partial charge in [-0.2, -0.15) is 0 Å². The van der Waals surface area contributed by atoms with Crippen molar-refractivity contribution in [3.05, 3.63) is 41.5 Å². The Morgan fingerprint density at radius 2 is 1.84 bits per heavy atom. The van der Waals surface area contributed by atoms with Crippen LogP contribution >= 0.6 is 0 Å². The van der Waals surface area contributed by atoms with Crippen molar-refractivity contribution in [1.29, 1.82) is 0 Å². The molecule has 7 heteroatoms. The molecule has 1 atom stereocenters. The molecule has 4 rings (SSSR count). The SMILES string of the molecule is COc1ccc(-c2cccc3c2CNC3=O)c(OCC2(CC(C)CC(=O)O)CC2)c1OC. The summed E-state index contributed by atoms with van der Waals surface area (Å²) >= 11 is 0. The number of methoxy groups -OCH3 is 2. The lowest BCUT2D eigenvalue weighted by Gasteiger charge is -2.23. The predicted molar refractivity (Wildman–Crippen MR) is 119 cm³/mol. The summed E-state index contributed by atoms with van der Waals surface area (Å²) in [7, 11) is 3.16. The van der Waals surface area contributed by atoms with Gasteiger partial charge in [0.2, 0.25) is 5.75 Å². The Balaban J connectivity index is 1.67. The highest BCUT2D eigenvalue weighted by molar-refractivity contribution is 6.01. The molecule has 1 aliphatic carbocycles. The monoisotopic (exact) mass is 439 g/mol. The molecule has 0 spiro atoms. The third kappa shape index (κ3) is 4.24. The second-order valence-corrected chi connectivity index (χ2v) is 8.89. The first-order valence-electron chi connectivity index (χ1n) is 10.9. The Bertz CT molecular complexity index is 1040. The second-order valence-electron chi connectivity index (χ2n) is 8.89. The molecular formula is C25H29NO6. The maximum Gasteiger partial charge on any atom is 0.303 e. The van der Waals surface area contributed by atoms with Gasteiger partial charge in [0.1, 0.15) is 0 Å². The van der Waals surface area contributed by atoms with Crippen LogP contribution in [0.5, 0.6) is 17.2 Å². The van der Waals surface area contributed by atoms with E-state index in [9.17, 15) is 9.59 Å². The molecule has 7 nitrogen and oxygen atoms in total. The molecule has 2 aromatic rings. The predicted octanol–water partition coefficient (Wildman–Crippen LogP) is 4.27. The van der Waals surface area contributed by atoms with Gasteiger partial charge in [-0.15, -0.1) is 0 Å². The summed E-state index contributed by atoms with van der Waals surface area (Å²) in [6.07, 6.45) is 2.99. The van der Waals surface area contributed by atoms with E-state index in [2.05, 4.69) is 5.32 Å². The molecule has 1 unspecified atom stereocenters. The van der Waals surface area contributed by atoms with Crippen LogP contribution in [0.15, 0.2) is 30.3 Å². The molecule has 170 valence electrons. The van der Waals surface area contributed by atoms with Gasteiger partial charge in [0.05, 0.1) is 20.8 Å². The van der Waals surface area contributed by atoms with Crippen LogP contribution in [0, 0.1) is 11.3 Å². The third-order valence-electron chi connectivity index (χ3n) is 6.42. The van der Waals surface area contributed by atoms with E-state index in [1.807, 2.05) is 37.3 Å². The molecular weight excluding hydrogens is 410 g/mol. The van der Waals surface area contributed by atoms with Gasteiger partial charge in [-0.1, -0.05) is 19.1 Å². The van der Waals surface area contributed by atoms with E-state index in [0.717, 1.165) is 36.0 Å². The van der Waals surface area contributed by atoms with Crippen LogP contribution < -0.4 is 19.5 Å². The van der Waals surface area contributed by atoms with Crippen molar-refractivity contribution >= 4 is 11.9 Å². The summed E-state index contributed by atoms with van der Waals surface area (Å²) in [4.78, 5) is 23.2. The standard InChI is InChI=1S/C25H29NO6/c1-15(11-21(27)28)12-25(9-10-25)14-32-22-17(7-8-20(30-2)23(22)31-3)16-5-4-6-18-19(16)13-26-24(18)29/h4-8,15H,9-14H2,1-3H3,(H,26,29)(H,27,28). The van der Waals surface area contributed by atoms with Crippen molar-refractivity contribution < 1.29 is 28.9 Å². The second kappa shape index (κ2) is 8.73. The average Bonchev–Trinajstić information content (AvgIpc) is 3.42. The van der Waals surface area contributed by atoms with Crippen molar-refractivity contribution in [2.45, 2.75) is 39.2 Å². The fraction of sp³-hybridized carbons (Fsp3) is 0.440. The van der Waals surface area contributed by atoms with E-state index < -0.39 is 5.97 Å². The topological polar surface area (TPSA) is 94.1 Å². The maximum absolute atomic E-state index is 12.2. The zero-order valence-corrected chi connectivity index (χ0v) is 18.7. The molecule has 0 aromatic heterocycles. The number of ether oxygens (including phenoxy) is 3. The summed E-state index contributed by atoms with van der Waals surface area (Å²) in [5.41, 5.74) is 3.34. The van der Waals surface area contributed by atoms with Crippen molar-refractivity contribution in [3.63, 3.8) is 0 Å². The van der Waals surface area contributed by atoms with Crippen LogP contribution in [0.1, 0.15) is 48.5 Å². The number of carboxylic acid groups (broad SMARTS) is 1. The minimum Gasteiger partial charge on any atom is -0.493 e. The summed E-state index contributed by atoms with van der Waals surface area (Å²) in [6, 6.07) is 9.45. The Kier molecular flexibility index (Phi) is 6.00. The largest absolute Gasteiger partial charge is 0.493 e. The molecule has 1 heterocycles. The molecule has 2 N–H and O–H groups in total. The molecule has 1 aliphatic heterocycles. The first kappa shape index (κ1) is 22.0. The number of benzene rings is 2. The number of nitrogens with one attached hydrogen (secondary N) is 1. The Morgan fingerprint density at radius 1 is 1.09 bits per heavy atom. The van der Waals surface area contributed by atoms with Gasteiger partial charge in [0, 0.05) is 29.5 Å². The van der Waals surface area contributed by atoms with E-state index in [0.29, 0.717) is 36.0 Å². The fourth-order valence-electron chi connectivity index (χ4n) is 4.68. The van der Waals surface area contributed by atoms with Gasteiger partial charge in [-0.25, -0.2) is 0 Å². The summed E-state index contributed by atoms with van der Waals surface area (Å²) in [5, 5.41) is 12.0. The number of fused-ring (bicyclic) bond motifs is 1. The van der Waals surface area contributed by atoms with Crippen molar-refractivity contribution in [2.24, 2.45) is 11.3 Å². The van der Waals surface area contributed by atoms with E-state index in [1.54, 1.807) is 14.2 Å². The molecule has 0 radical (unpaired) electrons. The van der Waals surface area contributed by atoms with Gasteiger partial charge in [-0.3, -0.25) is 9.59 Å². The first-order chi connectivity index (χ1) is 15.4.